The Labute approximate surface area is 80.7 Å². The molecule has 0 aliphatic carbocycles. The van der Waals surface area contributed by atoms with Gasteiger partial charge < -0.3 is 9.84 Å². The fraction of sp³-hybridized carbons (Fsp3) is 1.00. The average Bonchev–Trinajstić information content (AvgIpc) is 2.02. The summed E-state index contributed by atoms with van der Waals surface area (Å²) in [4.78, 5) is 2.29. The molecule has 1 heterocycles. The molecular weight excluding hydrogens is 166 g/mol. The van der Waals surface area contributed by atoms with E-state index >= 15 is 0 Å². The van der Waals surface area contributed by atoms with E-state index in [4.69, 9.17) is 4.74 Å². The fourth-order valence-electron chi connectivity index (χ4n) is 2.06. The summed E-state index contributed by atoms with van der Waals surface area (Å²) in [5, 5.41) is 9.78. The molecule has 0 spiro atoms. The Morgan fingerprint density at radius 2 is 2.23 bits per heavy atom. The van der Waals surface area contributed by atoms with Crippen molar-refractivity contribution < 1.29 is 9.84 Å². The highest BCUT2D eigenvalue weighted by Gasteiger charge is 2.38. The van der Waals surface area contributed by atoms with Crippen LogP contribution in [-0.2, 0) is 4.74 Å². The number of aliphatic hydroxyl groups is 1. The first-order valence-corrected chi connectivity index (χ1v) is 4.88. The Kier molecular flexibility index (Phi) is 3.33. The molecule has 13 heavy (non-hydrogen) atoms. The van der Waals surface area contributed by atoms with Crippen LogP contribution in [0, 0.1) is 5.92 Å². The number of hydrogen-bond donors (Lipinski definition) is 1. The molecule has 1 aliphatic rings. The molecule has 1 fully saturated rings. The molecule has 1 aliphatic heterocycles. The lowest BCUT2D eigenvalue weighted by Crippen LogP contribution is -2.56. The molecule has 0 aromatic heterocycles. The van der Waals surface area contributed by atoms with Crippen LogP contribution in [0.5, 0.6) is 0 Å². The standard InChI is InChI=1S/C10H21NO2/c1-8-6-11(3)10(2,7-13-4)5-9(8)12/h8-9,12H,5-7H2,1-4H3. The van der Waals surface area contributed by atoms with Gasteiger partial charge >= 0.3 is 0 Å². The van der Waals surface area contributed by atoms with Crippen molar-refractivity contribution in [2.24, 2.45) is 5.92 Å². The van der Waals surface area contributed by atoms with Gasteiger partial charge in [-0.05, 0) is 26.3 Å². The summed E-state index contributed by atoms with van der Waals surface area (Å²) in [6.45, 7) is 5.87. The van der Waals surface area contributed by atoms with Crippen LogP contribution in [0.15, 0.2) is 0 Å². The predicted molar refractivity (Wildman–Crippen MR) is 52.7 cm³/mol. The maximum atomic E-state index is 9.78. The summed E-state index contributed by atoms with van der Waals surface area (Å²) in [5.74, 6) is 0.370. The lowest BCUT2D eigenvalue weighted by molar-refractivity contribution is -0.0630. The molecule has 0 aromatic carbocycles. The highest BCUT2D eigenvalue weighted by molar-refractivity contribution is 4.93. The van der Waals surface area contributed by atoms with Gasteiger partial charge in [0.15, 0.2) is 0 Å². The van der Waals surface area contributed by atoms with Gasteiger partial charge in [0.05, 0.1) is 12.7 Å². The second-order valence-electron chi connectivity index (χ2n) is 4.56. The number of nitrogens with zero attached hydrogens (tertiary/aromatic N) is 1. The summed E-state index contributed by atoms with van der Waals surface area (Å²) in [5.41, 5.74) is 0.000671. The molecule has 0 saturated carbocycles. The van der Waals surface area contributed by atoms with Crippen LogP contribution >= 0.6 is 0 Å². The van der Waals surface area contributed by atoms with Gasteiger partial charge in [-0.1, -0.05) is 6.92 Å². The summed E-state index contributed by atoms with van der Waals surface area (Å²) in [6, 6.07) is 0. The van der Waals surface area contributed by atoms with Crippen LogP contribution in [0.4, 0.5) is 0 Å². The predicted octanol–water partition coefficient (Wildman–Crippen LogP) is 0.724. The molecule has 1 saturated heterocycles. The van der Waals surface area contributed by atoms with Crippen LogP contribution in [0.25, 0.3) is 0 Å². The van der Waals surface area contributed by atoms with Gasteiger partial charge in [0.2, 0.25) is 0 Å². The first kappa shape index (κ1) is 11.0. The van der Waals surface area contributed by atoms with Crippen LogP contribution < -0.4 is 0 Å². The average molecular weight is 187 g/mol. The molecular formula is C10H21NO2. The van der Waals surface area contributed by atoms with Gasteiger partial charge in [-0.15, -0.1) is 0 Å². The van der Waals surface area contributed by atoms with Crippen molar-refractivity contribution >= 4 is 0 Å². The number of methoxy groups -OCH3 is 1. The van der Waals surface area contributed by atoms with E-state index in [-0.39, 0.29) is 11.6 Å². The SMILES string of the molecule is COCC1(C)CC(O)C(C)CN1C. The third-order valence-corrected chi connectivity index (χ3v) is 3.24. The Balaban J connectivity index is 2.64. The van der Waals surface area contributed by atoms with Gasteiger partial charge in [0.25, 0.3) is 0 Å². The number of aliphatic hydroxyl groups excluding tert-OH is 1. The van der Waals surface area contributed by atoms with Gasteiger partial charge in [0, 0.05) is 19.2 Å². The van der Waals surface area contributed by atoms with Crippen molar-refractivity contribution in [2.45, 2.75) is 31.9 Å². The lowest BCUT2D eigenvalue weighted by Gasteiger charge is -2.46. The Morgan fingerprint density at radius 3 is 2.77 bits per heavy atom. The molecule has 3 nitrogen and oxygen atoms in total. The molecule has 3 atom stereocenters. The van der Waals surface area contributed by atoms with E-state index in [1.54, 1.807) is 7.11 Å². The number of likely N-dealkylation sites (tertiary alicyclic amines) is 1. The highest BCUT2D eigenvalue weighted by Crippen LogP contribution is 2.29. The second kappa shape index (κ2) is 3.95. The summed E-state index contributed by atoms with van der Waals surface area (Å²) >= 11 is 0. The summed E-state index contributed by atoms with van der Waals surface area (Å²) in [7, 11) is 3.81. The fourth-order valence-corrected chi connectivity index (χ4v) is 2.06. The minimum atomic E-state index is -0.184. The summed E-state index contributed by atoms with van der Waals surface area (Å²) in [6.07, 6.45) is 0.620. The topological polar surface area (TPSA) is 32.7 Å². The minimum absolute atomic E-state index is 0.000671. The van der Waals surface area contributed by atoms with E-state index in [0.717, 1.165) is 13.0 Å². The molecule has 0 aromatic rings. The monoisotopic (exact) mass is 187 g/mol. The second-order valence-corrected chi connectivity index (χ2v) is 4.56. The molecule has 1 rings (SSSR count). The molecule has 3 unspecified atom stereocenters. The van der Waals surface area contributed by atoms with Crippen molar-refractivity contribution in [3.05, 3.63) is 0 Å². The number of rotatable bonds is 2. The quantitative estimate of drug-likeness (QED) is 0.691. The first-order valence-electron chi connectivity index (χ1n) is 4.88. The maximum absolute atomic E-state index is 9.78. The van der Waals surface area contributed by atoms with Gasteiger partial charge in [-0.2, -0.15) is 0 Å². The molecule has 1 N–H and O–H groups in total. The van der Waals surface area contributed by atoms with E-state index in [9.17, 15) is 5.11 Å². The van der Waals surface area contributed by atoms with Crippen molar-refractivity contribution in [1.82, 2.24) is 4.90 Å². The maximum Gasteiger partial charge on any atom is 0.0644 e. The zero-order valence-electron chi connectivity index (χ0n) is 9.08. The van der Waals surface area contributed by atoms with E-state index in [1.807, 2.05) is 0 Å². The van der Waals surface area contributed by atoms with Crippen molar-refractivity contribution in [3.8, 4) is 0 Å². The molecule has 0 amide bonds. The Bertz CT molecular complexity index is 174. The molecule has 0 radical (unpaired) electrons. The number of hydrogen-bond acceptors (Lipinski definition) is 3. The van der Waals surface area contributed by atoms with Crippen LogP contribution in [-0.4, -0.2) is 49.0 Å². The highest BCUT2D eigenvalue weighted by atomic mass is 16.5. The lowest BCUT2D eigenvalue weighted by atomic mass is 9.83. The zero-order chi connectivity index (χ0) is 10.1. The van der Waals surface area contributed by atoms with Gasteiger partial charge in [-0.25, -0.2) is 0 Å². The summed E-state index contributed by atoms with van der Waals surface area (Å²) < 4.78 is 5.19. The van der Waals surface area contributed by atoms with Crippen LogP contribution in [0.1, 0.15) is 20.3 Å². The van der Waals surface area contributed by atoms with Crippen LogP contribution in [0.3, 0.4) is 0 Å². The van der Waals surface area contributed by atoms with E-state index in [1.165, 1.54) is 0 Å². The van der Waals surface area contributed by atoms with Crippen LogP contribution in [0.2, 0.25) is 0 Å². The van der Waals surface area contributed by atoms with E-state index < -0.39 is 0 Å². The first-order chi connectivity index (χ1) is 5.99. The third kappa shape index (κ3) is 2.22. The molecule has 0 bridgehead atoms. The van der Waals surface area contributed by atoms with Crippen molar-refractivity contribution in [2.75, 3.05) is 27.3 Å². The largest absolute Gasteiger partial charge is 0.393 e. The Hall–Kier alpha value is -0.120. The third-order valence-electron chi connectivity index (χ3n) is 3.24. The van der Waals surface area contributed by atoms with Crippen molar-refractivity contribution in [1.29, 1.82) is 0 Å². The Morgan fingerprint density at radius 1 is 1.62 bits per heavy atom. The number of ether oxygens (including phenoxy) is 1. The van der Waals surface area contributed by atoms with E-state index in [0.29, 0.717) is 12.5 Å². The zero-order valence-corrected chi connectivity index (χ0v) is 9.08. The van der Waals surface area contributed by atoms with E-state index in [2.05, 4.69) is 25.8 Å². The number of likely N-dealkylation sites (N-methyl/N-ethyl adjacent to an activating group) is 1. The molecule has 3 heteroatoms. The van der Waals surface area contributed by atoms with Gasteiger partial charge in [-0.3, -0.25) is 4.90 Å². The number of piperidine rings is 1. The molecule has 78 valence electrons. The smallest absolute Gasteiger partial charge is 0.0644 e. The van der Waals surface area contributed by atoms with Gasteiger partial charge in [0.1, 0.15) is 0 Å². The minimum Gasteiger partial charge on any atom is -0.393 e. The van der Waals surface area contributed by atoms with Crippen molar-refractivity contribution in [3.63, 3.8) is 0 Å². The normalized spacial score (nSPS) is 42.2.